The summed E-state index contributed by atoms with van der Waals surface area (Å²) in [4.78, 5) is 16.1. The van der Waals surface area contributed by atoms with E-state index in [-0.39, 0.29) is 0 Å². The van der Waals surface area contributed by atoms with Crippen molar-refractivity contribution in [3.05, 3.63) is 70.5 Å². The van der Waals surface area contributed by atoms with Gasteiger partial charge in [0.15, 0.2) is 0 Å². The Morgan fingerprint density at radius 2 is 1.79 bits per heavy atom. The summed E-state index contributed by atoms with van der Waals surface area (Å²) in [5.41, 5.74) is 6.50. The quantitative estimate of drug-likeness (QED) is 0.188. The van der Waals surface area contributed by atoms with Crippen molar-refractivity contribution < 1.29 is 14.0 Å². The molecule has 2 aromatic heterocycles. The van der Waals surface area contributed by atoms with Crippen molar-refractivity contribution in [1.82, 2.24) is 15.0 Å². The van der Waals surface area contributed by atoms with Crippen molar-refractivity contribution in [2.24, 2.45) is 0 Å². The standard InChI is InChI=1S/C31H36BrN6O3P/c1-6-41-28-17-26(21(3)15-27(28)38-11-13-40-14-12-38)36-31-34-19-23(32)30(37-31)35-25-10-8-22(16-29(25)42(4,5)39)24-9-7-20(2)18-33-24/h7-10,15-19H,6,11-14H2,1-5H3,(H2,34,35,36,37). The Hall–Kier alpha value is -3.46. The molecule has 5 rings (SSSR count). The number of nitrogens with one attached hydrogen (secondary N) is 2. The van der Waals surface area contributed by atoms with Gasteiger partial charge in [-0.2, -0.15) is 4.98 Å². The van der Waals surface area contributed by atoms with E-state index < -0.39 is 7.14 Å². The summed E-state index contributed by atoms with van der Waals surface area (Å²) in [5.74, 6) is 1.78. The van der Waals surface area contributed by atoms with Gasteiger partial charge in [-0.25, -0.2) is 4.98 Å². The summed E-state index contributed by atoms with van der Waals surface area (Å²) in [6, 6.07) is 14.0. The maximum absolute atomic E-state index is 13.4. The Bertz CT molecular complexity index is 1620. The van der Waals surface area contributed by atoms with Gasteiger partial charge >= 0.3 is 0 Å². The molecule has 0 unspecified atom stereocenters. The summed E-state index contributed by atoms with van der Waals surface area (Å²) in [5, 5.41) is 7.47. The van der Waals surface area contributed by atoms with Crippen LogP contribution >= 0.6 is 23.1 Å². The average molecular weight is 652 g/mol. The minimum Gasteiger partial charge on any atom is -0.492 e. The van der Waals surface area contributed by atoms with Crippen LogP contribution in [-0.4, -0.2) is 61.2 Å². The first-order valence-corrected chi connectivity index (χ1v) is 17.3. The van der Waals surface area contributed by atoms with E-state index in [2.05, 4.69) is 54.4 Å². The maximum atomic E-state index is 13.4. The molecule has 1 saturated heterocycles. The highest BCUT2D eigenvalue weighted by atomic mass is 79.9. The van der Waals surface area contributed by atoms with Gasteiger partial charge in [0, 0.05) is 48.1 Å². The van der Waals surface area contributed by atoms with Crippen molar-refractivity contribution in [2.75, 3.05) is 61.8 Å². The molecular formula is C31H36BrN6O3P. The first kappa shape index (κ1) is 30.0. The van der Waals surface area contributed by atoms with Crippen LogP contribution < -0.4 is 25.6 Å². The van der Waals surface area contributed by atoms with Gasteiger partial charge in [-0.05, 0) is 85.4 Å². The van der Waals surface area contributed by atoms with Gasteiger partial charge in [0.05, 0.1) is 41.4 Å². The molecule has 0 amide bonds. The second kappa shape index (κ2) is 12.8. The molecule has 42 heavy (non-hydrogen) atoms. The number of benzene rings is 2. The van der Waals surface area contributed by atoms with Crippen LogP contribution in [0.4, 0.5) is 28.8 Å². The average Bonchev–Trinajstić information content (AvgIpc) is 2.97. The number of anilines is 5. The molecule has 0 radical (unpaired) electrons. The highest BCUT2D eigenvalue weighted by Gasteiger charge is 2.21. The van der Waals surface area contributed by atoms with Gasteiger partial charge in [-0.1, -0.05) is 12.1 Å². The van der Waals surface area contributed by atoms with E-state index in [4.69, 9.17) is 14.5 Å². The number of ether oxygens (including phenoxy) is 2. The van der Waals surface area contributed by atoms with Crippen molar-refractivity contribution in [3.8, 4) is 17.0 Å². The highest BCUT2D eigenvalue weighted by Crippen LogP contribution is 2.41. The fourth-order valence-corrected chi connectivity index (χ4v) is 6.22. The highest BCUT2D eigenvalue weighted by molar-refractivity contribution is 9.10. The number of pyridine rings is 1. The Kier molecular flexibility index (Phi) is 9.16. The van der Waals surface area contributed by atoms with Gasteiger partial charge in [-0.15, -0.1) is 0 Å². The molecule has 0 aliphatic carbocycles. The smallest absolute Gasteiger partial charge is 0.229 e. The molecule has 0 spiro atoms. The lowest BCUT2D eigenvalue weighted by molar-refractivity contribution is 0.122. The van der Waals surface area contributed by atoms with E-state index in [0.717, 1.165) is 57.9 Å². The van der Waals surface area contributed by atoms with Gasteiger partial charge in [0.2, 0.25) is 5.95 Å². The molecule has 220 valence electrons. The molecule has 0 saturated carbocycles. The Labute approximate surface area is 255 Å². The van der Waals surface area contributed by atoms with Gasteiger partial charge in [0.1, 0.15) is 18.7 Å². The van der Waals surface area contributed by atoms with Gasteiger partial charge in [0.25, 0.3) is 0 Å². The molecule has 0 bridgehead atoms. The Balaban J connectivity index is 1.44. The van der Waals surface area contributed by atoms with E-state index in [1.165, 1.54) is 0 Å². The molecule has 4 aromatic rings. The van der Waals surface area contributed by atoms with Crippen LogP contribution in [0.2, 0.25) is 0 Å². The van der Waals surface area contributed by atoms with E-state index in [0.29, 0.717) is 41.7 Å². The number of halogens is 1. The molecule has 9 nitrogen and oxygen atoms in total. The molecular weight excluding hydrogens is 615 g/mol. The lowest BCUT2D eigenvalue weighted by atomic mass is 10.1. The molecule has 11 heteroatoms. The maximum Gasteiger partial charge on any atom is 0.229 e. The summed E-state index contributed by atoms with van der Waals surface area (Å²) >= 11 is 3.58. The normalized spacial score (nSPS) is 13.6. The number of hydrogen-bond acceptors (Lipinski definition) is 9. The van der Waals surface area contributed by atoms with Crippen LogP contribution in [0.5, 0.6) is 5.75 Å². The minimum absolute atomic E-state index is 0.420. The van der Waals surface area contributed by atoms with Gasteiger partial charge < -0.3 is 29.6 Å². The molecule has 1 aliphatic rings. The molecule has 0 atom stereocenters. The number of aryl methyl sites for hydroxylation is 2. The third-order valence-electron chi connectivity index (χ3n) is 6.99. The molecule has 3 heterocycles. The van der Waals surface area contributed by atoms with Crippen LogP contribution in [0.3, 0.4) is 0 Å². The zero-order chi connectivity index (χ0) is 29.9. The fourth-order valence-electron chi connectivity index (χ4n) is 4.77. The summed E-state index contributed by atoms with van der Waals surface area (Å²) in [6.07, 6.45) is 3.53. The lowest BCUT2D eigenvalue weighted by Crippen LogP contribution is -2.36. The fraction of sp³-hybridized carbons (Fsp3) is 0.323. The lowest BCUT2D eigenvalue weighted by Gasteiger charge is -2.31. The van der Waals surface area contributed by atoms with E-state index in [1.807, 2.05) is 56.4 Å². The molecule has 2 N–H and O–H groups in total. The number of aromatic nitrogens is 3. The number of nitrogens with zero attached hydrogens (tertiary/aromatic N) is 4. The molecule has 1 fully saturated rings. The van der Waals surface area contributed by atoms with Crippen molar-refractivity contribution in [2.45, 2.75) is 20.8 Å². The van der Waals surface area contributed by atoms with Crippen LogP contribution in [0.15, 0.2) is 59.3 Å². The summed E-state index contributed by atoms with van der Waals surface area (Å²) < 4.78 is 25.6. The van der Waals surface area contributed by atoms with Gasteiger partial charge in [-0.3, -0.25) is 4.98 Å². The van der Waals surface area contributed by atoms with Crippen LogP contribution in [0, 0.1) is 13.8 Å². The summed E-state index contributed by atoms with van der Waals surface area (Å²) in [6.45, 7) is 13.2. The van der Waals surface area contributed by atoms with E-state index >= 15 is 0 Å². The zero-order valence-corrected chi connectivity index (χ0v) is 27.1. The number of morpholine rings is 1. The molecule has 2 aromatic carbocycles. The second-order valence-corrected chi connectivity index (χ2v) is 14.6. The van der Waals surface area contributed by atoms with Crippen LogP contribution in [0.25, 0.3) is 11.3 Å². The Morgan fingerprint density at radius 1 is 1.00 bits per heavy atom. The largest absolute Gasteiger partial charge is 0.492 e. The van der Waals surface area contributed by atoms with Crippen LogP contribution in [-0.2, 0) is 9.30 Å². The predicted octanol–water partition coefficient (Wildman–Crippen LogP) is 6.89. The SMILES string of the molecule is CCOc1cc(Nc2ncc(Br)c(Nc3ccc(-c4ccc(C)cn4)cc3P(C)(C)=O)n2)c(C)cc1N1CCOCC1. The Morgan fingerprint density at radius 3 is 2.48 bits per heavy atom. The first-order valence-electron chi connectivity index (χ1n) is 13.9. The third kappa shape index (κ3) is 6.94. The van der Waals surface area contributed by atoms with Crippen LogP contribution in [0.1, 0.15) is 18.1 Å². The van der Waals surface area contributed by atoms with Crippen molar-refractivity contribution >= 4 is 57.2 Å². The van der Waals surface area contributed by atoms with Crippen molar-refractivity contribution in [1.29, 1.82) is 0 Å². The third-order valence-corrected chi connectivity index (χ3v) is 9.10. The predicted molar refractivity (Wildman–Crippen MR) is 175 cm³/mol. The topological polar surface area (TPSA) is 102 Å². The first-order chi connectivity index (χ1) is 20.1. The number of rotatable bonds is 9. The monoisotopic (exact) mass is 650 g/mol. The van der Waals surface area contributed by atoms with Crippen molar-refractivity contribution in [3.63, 3.8) is 0 Å². The minimum atomic E-state index is -2.66. The zero-order valence-electron chi connectivity index (χ0n) is 24.6. The second-order valence-electron chi connectivity index (χ2n) is 10.6. The van der Waals surface area contributed by atoms with E-state index in [1.54, 1.807) is 19.5 Å². The molecule has 1 aliphatic heterocycles. The van der Waals surface area contributed by atoms with E-state index in [9.17, 15) is 4.57 Å². The summed E-state index contributed by atoms with van der Waals surface area (Å²) in [7, 11) is -2.66. The number of hydrogen-bond donors (Lipinski definition) is 2.